The third-order valence-electron chi connectivity index (χ3n) is 21.7. The molecule has 4 aromatic heterocycles. The standard InChI is InChI=1S/C25H26N2O3.C25H24N2O3.C24H24N2O3.C23H22N2O4/c2*1-2-3-11-23-26-21-9-6-10-22(28)24(21)27(23)16-17-12-14-18(15-13-17)19-7-4-5-8-20(19)25(29)30;1-2-6-22-25-20-9-5-10-21(27)23(20)26(22)15-16-11-13-17(14-12-16)18-7-3-4-8-19(18)24(28)29;1-2-29-23-24-19-8-5-9-20(26)21(19)25(23)14-15-10-12-16(13-11-15)17-6-3-4-7-18(17)22(27)28/h4-5,7-8,12-15H,2-3,6,9-11,16H2,1H3,(H,29,30);3-5,7-8,11-15H,2,6,9-10,16H2,1H3,(H,29,30);3-4,7-8,11-14H,2,5-6,9-10,15H2,1H3,(H,28,29);3-4,6-7,10-13H,2,5,8-9,14H2,1H3,(H,27,28)/b;11-3+;;. The second kappa shape index (κ2) is 38.4. The molecule has 0 saturated carbocycles. The largest absolute Gasteiger partial charge is 0.478 e. The van der Waals surface area contributed by atoms with Crippen LogP contribution in [0.4, 0.5) is 0 Å². The molecule has 0 amide bonds. The first-order valence-corrected chi connectivity index (χ1v) is 40.8. The Labute approximate surface area is 685 Å². The molecule has 0 aliphatic heterocycles. The lowest BCUT2D eigenvalue weighted by molar-refractivity contribution is 0.0687. The molecule has 0 bridgehead atoms. The van der Waals surface area contributed by atoms with Crippen molar-refractivity contribution in [2.45, 2.75) is 169 Å². The maximum Gasteiger partial charge on any atom is 0.336 e. The van der Waals surface area contributed by atoms with Crippen molar-refractivity contribution in [3.05, 3.63) is 308 Å². The lowest BCUT2D eigenvalue weighted by atomic mass is 9.98. The van der Waals surface area contributed by atoms with E-state index < -0.39 is 23.9 Å². The number of imidazole rings is 4. The number of aromatic carboxylic acids is 4. The third-order valence-corrected chi connectivity index (χ3v) is 21.7. The van der Waals surface area contributed by atoms with Crippen LogP contribution in [-0.2, 0) is 64.7 Å². The molecule has 0 atom stereocenters. The number of ketones is 4. The van der Waals surface area contributed by atoms with E-state index >= 15 is 0 Å². The predicted octanol–water partition coefficient (Wildman–Crippen LogP) is 19.4. The van der Waals surface area contributed by atoms with E-state index in [0.717, 1.165) is 192 Å². The molecular weight excluding hydrogens is 1490 g/mol. The molecule has 118 heavy (non-hydrogen) atoms. The van der Waals surface area contributed by atoms with Gasteiger partial charge < -0.3 is 38.9 Å². The molecule has 602 valence electrons. The lowest BCUT2D eigenvalue weighted by Crippen LogP contribution is -2.17. The van der Waals surface area contributed by atoms with Gasteiger partial charge in [0.15, 0.2) is 23.1 Å². The summed E-state index contributed by atoms with van der Waals surface area (Å²) in [6, 6.07) is 59.8. The van der Waals surface area contributed by atoms with Crippen LogP contribution in [0.15, 0.2) is 200 Å². The first kappa shape index (κ1) is 82.7. The number of hydrogen-bond donors (Lipinski definition) is 4. The van der Waals surface area contributed by atoms with Gasteiger partial charge in [0.05, 0.1) is 58.2 Å². The molecule has 0 fully saturated rings. The zero-order valence-corrected chi connectivity index (χ0v) is 66.9. The minimum absolute atomic E-state index is 0.108. The number of unbranched alkanes of at least 4 members (excludes halogenated alkanes) is 1. The van der Waals surface area contributed by atoms with Crippen molar-refractivity contribution < 1.29 is 63.5 Å². The summed E-state index contributed by atoms with van der Waals surface area (Å²) in [4.78, 5) is 115. The molecule has 16 rings (SSSR count). The van der Waals surface area contributed by atoms with Gasteiger partial charge in [-0.3, -0.25) is 23.7 Å². The highest BCUT2D eigenvalue weighted by Crippen LogP contribution is 2.34. The van der Waals surface area contributed by atoms with Crippen molar-refractivity contribution in [2.75, 3.05) is 6.61 Å². The summed E-state index contributed by atoms with van der Waals surface area (Å²) in [6.45, 7) is 11.0. The molecule has 4 N–H and O–H groups in total. The monoisotopic (exact) mass is 1580 g/mol. The molecule has 0 saturated heterocycles. The molecule has 0 unspecified atom stereocenters. The van der Waals surface area contributed by atoms with Crippen LogP contribution >= 0.6 is 0 Å². The maximum absolute atomic E-state index is 12.6. The number of carboxylic acid groups (broad SMARTS) is 4. The van der Waals surface area contributed by atoms with Crippen molar-refractivity contribution in [3.8, 4) is 50.5 Å². The third kappa shape index (κ3) is 19.0. The molecule has 12 aromatic rings. The molecular formula is C97H96N8O13. The fourth-order valence-corrected chi connectivity index (χ4v) is 15.9. The molecule has 0 radical (unpaired) electrons. The van der Waals surface area contributed by atoms with Crippen molar-refractivity contribution in [1.82, 2.24) is 38.2 Å². The number of nitrogens with zero attached hydrogens (tertiary/aromatic N) is 8. The number of carbonyl (C=O) groups is 8. The van der Waals surface area contributed by atoms with Crippen LogP contribution in [0.25, 0.3) is 50.6 Å². The summed E-state index contributed by atoms with van der Waals surface area (Å²) in [6.07, 6.45) is 18.9. The Morgan fingerprint density at radius 2 is 0.661 bits per heavy atom. The van der Waals surface area contributed by atoms with Gasteiger partial charge in [-0.25, -0.2) is 34.1 Å². The maximum atomic E-state index is 12.6. The lowest BCUT2D eigenvalue weighted by Gasteiger charge is -2.15. The van der Waals surface area contributed by atoms with Gasteiger partial charge in [0.2, 0.25) is 0 Å². The van der Waals surface area contributed by atoms with Crippen LogP contribution in [0, 0.1) is 0 Å². The van der Waals surface area contributed by atoms with E-state index in [1.165, 1.54) is 0 Å². The van der Waals surface area contributed by atoms with Gasteiger partial charge in [-0.2, -0.15) is 4.98 Å². The average molecular weight is 1580 g/mol. The Hall–Kier alpha value is -13.3. The Kier molecular flexibility index (Phi) is 26.9. The van der Waals surface area contributed by atoms with E-state index in [9.17, 15) is 58.8 Å². The number of carboxylic acids is 4. The second-order valence-electron chi connectivity index (χ2n) is 29.8. The van der Waals surface area contributed by atoms with Crippen LogP contribution in [0.5, 0.6) is 6.01 Å². The molecule has 0 spiro atoms. The fourth-order valence-electron chi connectivity index (χ4n) is 15.9. The smallest absolute Gasteiger partial charge is 0.336 e. The van der Waals surface area contributed by atoms with Gasteiger partial charge in [0.25, 0.3) is 6.01 Å². The average Bonchev–Trinajstić information content (AvgIpc) is 1.65. The van der Waals surface area contributed by atoms with Gasteiger partial charge in [0, 0.05) is 58.2 Å². The number of allylic oxidation sites excluding steroid dienone is 1. The first-order valence-electron chi connectivity index (χ1n) is 40.8. The number of benzene rings is 8. The normalized spacial score (nSPS) is 13.4. The van der Waals surface area contributed by atoms with Crippen LogP contribution < -0.4 is 4.74 Å². The quantitative estimate of drug-likeness (QED) is 0.0413. The van der Waals surface area contributed by atoms with Gasteiger partial charge in [-0.1, -0.05) is 203 Å². The van der Waals surface area contributed by atoms with Crippen LogP contribution in [0.2, 0.25) is 0 Å². The number of fused-ring (bicyclic) bond motifs is 4. The van der Waals surface area contributed by atoms with E-state index in [4.69, 9.17) is 19.7 Å². The zero-order chi connectivity index (χ0) is 82.9. The Balaban J connectivity index is 0.000000136. The fraction of sp³-hybridized carbons (Fsp3) is 0.278. The molecule has 4 heterocycles. The minimum Gasteiger partial charge on any atom is -0.478 e. The van der Waals surface area contributed by atoms with E-state index in [1.54, 1.807) is 54.6 Å². The summed E-state index contributed by atoms with van der Waals surface area (Å²) < 4.78 is 13.7. The first-order chi connectivity index (χ1) is 57.3. The highest BCUT2D eigenvalue weighted by Gasteiger charge is 2.31. The summed E-state index contributed by atoms with van der Waals surface area (Å²) >= 11 is 0. The van der Waals surface area contributed by atoms with Gasteiger partial charge in [-0.05, 0) is 175 Å². The minimum atomic E-state index is -0.949. The van der Waals surface area contributed by atoms with Gasteiger partial charge in [-0.15, -0.1) is 0 Å². The summed E-state index contributed by atoms with van der Waals surface area (Å²) in [7, 11) is 0. The second-order valence-corrected chi connectivity index (χ2v) is 29.8. The Bertz CT molecular complexity index is 5570. The highest BCUT2D eigenvalue weighted by molar-refractivity contribution is 6.01. The molecule has 21 nitrogen and oxygen atoms in total. The number of carbonyl (C=O) groups excluding carboxylic acids is 4. The van der Waals surface area contributed by atoms with Crippen LogP contribution in [0.3, 0.4) is 0 Å². The number of Topliss-reactive ketones (excluding diaryl/α,β-unsaturated/α-hetero) is 4. The Morgan fingerprint density at radius 1 is 0.356 bits per heavy atom. The zero-order valence-electron chi connectivity index (χ0n) is 66.9. The summed E-state index contributed by atoms with van der Waals surface area (Å²) in [5, 5.41) is 37.7. The Morgan fingerprint density at radius 3 is 0.992 bits per heavy atom. The van der Waals surface area contributed by atoms with Gasteiger partial charge >= 0.3 is 23.9 Å². The number of aromatic nitrogens is 8. The van der Waals surface area contributed by atoms with Crippen LogP contribution in [0.1, 0.15) is 251 Å². The molecule has 21 heteroatoms. The number of hydrogen-bond acceptors (Lipinski definition) is 13. The summed E-state index contributed by atoms with van der Waals surface area (Å²) in [5.74, 6) is -0.311. The SMILES string of the molecule is CC/C=C/c1nc2c(n1Cc1ccc(-c3ccccc3C(=O)O)cc1)C(=O)CCC2.CCCCc1nc2c(n1Cc1ccc(-c3ccccc3C(=O)O)cc1)C(=O)CCC2.CCCc1nc2c(n1Cc1ccc(-c3ccccc3C(=O)O)cc1)C(=O)CCC2.CCOc1nc2c(n1Cc1ccc(-c3ccccc3C(=O)O)cc1)C(=O)CCC2. The van der Waals surface area contributed by atoms with E-state index in [1.807, 2.05) is 162 Å². The predicted molar refractivity (Wildman–Crippen MR) is 453 cm³/mol. The number of aryl methyl sites for hydroxylation is 6. The van der Waals surface area contributed by atoms with Crippen molar-refractivity contribution in [3.63, 3.8) is 0 Å². The van der Waals surface area contributed by atoms with Crippen LogP contribution in [-0.4, -0.2) is 112 Å². The topological polar surface area (TPSA) is 298 Å². The molecule has 8 aromatic carbocycles. The molecule has 4 aliphatic rings. The van der Waals surface area contributed by atoms with E-state index in [2.05, 4.69) is 41.0 Å². The highest BCUT2D eigenvalue weighted by atomic mass is 16.5. The van der Waals surface area contributed by atoms with Gasteiger partial charge in [0.1, 0.15) is 40.2 Å². The van der Waals surface area contributed by atoms with Crippen molar-refractivity contribution in [1.29, 1.82) is 0 Å². The summed E-state index contributed by atoms with van der Waals surface area (Å²) in [5.41, 5.74) is 18.1. The molecule has 4 aliphatic carbocycles. The number of rotatable bonds is 25. The van der Waals surface area contributed by atoms with Crippen molar-refractivity contribution in [2.24, 2.45) is 0 Å². The van der Waals surface area contributed by atoms with E-state index in [-0.39, 0.29) is 34.3 Å². The van der Waals surface area contributed by atoms with E-state index in [0.29, 0.717) is 104 Å². The van der Waals surface area contributed by atoms with Crippen molar-refractivity contribution >= 4 is 53.1 Å². The number of ether oxygens (including phenoxy) is 1.